The summed E-state index contributed by atoms with van der Waals surface area (Å²) >= 11 is 0. The van der Waals surface area contributed by atoms with Crippen molar-refractivity contribution in [3.8, 4) is 5.69 Å². The molecule has 0 aliphatic rings. The summed E-state index contributed by atoms with van der Waals surface area (Å²) in [6.45, 7) is 1.88. The Labute approximate surface area is 178 Å². The van der Waals surface area contributed by atoms with Gasteiger partial charge >= 0.3 is 0 Å². The number of aliphatic hydroxyl groups is 1. The van der Waals surface area contributed by atoms with Crippen molar-refractivity contribution in [2.45, 2.75) is 6.92 Å². The van der Waals surface area contributed by atoms with E-state index >= 15 is 0 Å². The highest BCUT2D eigenvalue weighted by Gasteiger charge is 2.17. The third kappa shape index (κ3) is 3.18. The van der Waals surface area contributed by atoms with Crippen LogP contribution in [0.4, 0.5) is 0 Å². The number of nitrogens with one attached hydrogen (secondary N) is 1. The smallest absolute Gasteiger partial charge is 0.260 e. The van der Waals surface area contributed by atoms with E-state index < -0.39 is 0 Å². The molecule has 0 atom stereocenters. The second kappa shape index (κ2) is 7.25. The molecule has 0 spiro atoms. The number of rotatable bonds is 3. The van der Waals surface area contributed by atoms with Gasteiger partial charge in [-0.1, -0.05) is 36.4 Å². The highest BCUT2D eigenvalue weighted by Crippen LogP contribution is 2.23. The van der Waals surface area contributed by atoms with Crippen molar-refractivity contribution in [3.63, 3.8) is 0 Å². The van der Waals surface area contributed by atoms with Gasteiger partial charge in [0.05, 0.1) is 28.4 Å². The fourth-order valence-corrected chi connectivity index (χ4v) is 3.89. The van der Waals surface area contributed by atoms with E-state index in [0.29, 0.717) is 5.65 Å². The molecule has 5 rings (SSSR count). The molecule has 31 heavy (non-hydrogen) atoms. The first-order valence-corrected chi connectivity index (χ1v) is 9.99. The Balaban J connectivity index is 1.68. The van der Waals surface area contributed by atoms with Gasteiger partial charge in [0, 0.05) is 11.5 Å². The van der Waals surface area contributed by atoms with Gasteiger partial charge in [-0.25, -0.2) is 9.25 Å². The lowest BCUT2D eigenvalue weighted by Gasteiger charge is -2.05. The molecule has 0 amide bonds. The molecule has 0 saturated heterocycles. The van der Waals surface area contributed by atoms with Gasteiger partial charge in [0.25, 0.3) is 5.56 Å². The fourth-order valence-electron chi connectivity index (χ4n) is 3.89. The predicted octanol–water partition coefficient (Wildman–Crippen LogP) is 4.06. The van der Waals surface area contributed by atoms with Crippen LogP contribution in [0, 0.1) is 6.92 Å². The number of benzene rings is 2. The Kier molecular flexibility index (Phi) is 4.40. The summed E-state index contributed by atoms with van der Waals surface area (Å²) in [5, 5.41) is 18.3. The molecule has 0 aliphatic heterocycles. The highest BCUT2D eigenvalue weighted by atomic mass is 16.3. The maximum Gasteiger partial charge on any atom is 0.260 e. The van der Waals surface area contributed by atoms with E-state index in [1.807, 2.05) is 85.4 Å². The number of hydrogen-bond donors (Lipinski definition) is 2. The summed E-state index contributed by atoms with van der Waals surface area (Å²) < 4.78 is 3.63. The number of fused-ring (bicyclic) bond motifs is 2. The summed E-state index contributed by atoms with van der Waals surface area (Å²) in [5.41, 5.74) is 2.86. The van der Waals surface area contributed by atoms with Crippen molar-refractivity contribution in [1.82, 2.24) is 14.8 Å². The number of nitrogens with zero attached hydrogens (tertiary/aromatic N) is 3. The van der Waals surface area contributed by atoms with Crippen LogP contribution in [-0.4, -0.2) is 19.9 Å². The van der Waals surface area contributed by atoms with Crippen molar-refractivity contribution < 1.29 is 9.67 Å². The van der Waals surface area contributed by atoms with Gasteiger partial charge in [-0.3, -0.25) is 4.79 Å². The van der Waals surface area contributed by atoms with Gasteiger partial charge in [-0.05, 0) is 36.6 Å². The molecule has 2 aromatic carbocycles. The molecule has 6 heteroatoms. The zero-order valence-electron chi connectivity index (χ0n) is 17.2. The number of aryl methyl sites for hydroxylation is 2. The van der Waals surface area contributed by atoms with Crippen LogP contribution in [0.15, 0.2) is 77.7 Å². The van der Waals surface area contributed by atoms with Gasteiger partial charge in [-0.15, -0.1) is 0 Å². The number of pyridine rings is 2. The molecule has 0 bridgehead atoms. The van der Waals surface area contributed by atoms with E-state index in [1.54, 1.807) is 16.8 Å². The molecular formula is C25H21N4O2+. The average Bonchev–Trinajstić information content (AvgIpc) is 3.11. The molecule has 152 valence electrons. The molecule has 0 aliphatic carbocycles. The maximum atomic E-state index is 12.9. The largest absolute Gasteiger partial charge is 0.507 e. The molecule has 0 saturated carbocycles. The number of hydrogen-bond acceptors (Lipinski definition) is 3. The fraction of sp³-hybridized carbons (Fsp3) is 0.0800. The highest BCUT2D eigenvalue weighted by molar-refractivity contribution is 5.92. The van der Waals surface area contributed by atoms with Gasteiger partial charge < -0.3 is 10.1 Å². The van der Waals surface area contributed by atoms with Crippen molar-refractivity contribution in [2.75, 3.05) is 0 Å². The van der Waals surface area contributed by atoms with Crippen LogP contribution in [0.1, 0.15) is 17.0 Å². The zero-order chi connectivity index (χ0) is 21.5. The van der Waals surface area contributed by atoms with E-state index in [0.717, 1.165) is 33.2 Å². The second-order valence-electron chi connectivity index (χ2n) is 7.54. The van der Waals surface area contributed by atoms with Crippen LogP contribution in [0.5, 0.6) is 0 Å². The first kappa shape index (κ1) is 18.8. The van der Waals surface area contributed by atoms with Crippen LogP contribution in [0.2, 0.25) is 0 Å². The van der Waals surface area contributed by atoms with Crippen LogP contribution >= 0.6 is 0 Å². The SMILES string of the molecule is Cc1nn(-c2ccccc2)c2[nH]c(=O)c(C(O)=Cc3c4ccccc4cc[n+]3C)cc12. The monoisotopic (exact) mass is 409 g/mol. The molecule has 0 radical (unpaired) electrons. The lowest BCUT2D eigenvalue weighted by Crippen LogP contribution is -2.31. The minimum absolute atomic E-state index is 0.0954. The molecular weight excluding hydrogens is 388 g/mol. The normalized spacial score (nSPS) is 12.0. The number of para-hydroxylation sites is 1. The maximum absolute atomic E-state index is 12.9. The van der Waals surface area contributed by atoms with Crippen LogP contribution in [0.25, 0.3) is 39.3 Å². The van der Waals surface area contributed by atoms with Crippen molar-refractivity contribution in [1.29, 1.82) is 0 Å². The second-order valence-corrected chi connectivity index (χ2v) is 7.54. The quantitative estimate of drug-likeness (QED) is 0.349. The lowest BCUT2D eigenvalue weighted by atomic mass is 10.1. The zero-order valence-corrected chi connectivity index (χ0v) is 17.2. The third-order valence-corrected chi connectivity index (χ3v) is 5.52. The molecule has 6 nitrogen and oxygen atoms in total. The molecule has 0 fully saturated rings. The summed E-state index contributed by atoms with van der Waals surface area (Å²) in [5.74, 6) is -0.0954. The minimum atomic E-state index is -0.374. The van der Waals surface area contributed by atoms with Crippen molar-refractivity contribution >= 4 is 33.6 Å². The van der Waals surface area contributed by atoms with Crippen molar-refractivity contribution in [3.05, 3.63) is 100 Å². The van der Waals surface area contributed by atoms with E-state index in [9.17, 15) is 9.90 Å². The Hall–Kier alpha value is -4.19. The van der Waals surface area contributed by atoms with E-state index in [-0.39, 0.29) is 16.9 Å². The average molecular weight is 409 g/mol. The van der Waals surface area contributed by atoms with Crippen LogP contribution < -0.4 is 10.1 Å². The summed E-state index contributed by atoms with van der Waals surface area (Å²) in [6.07, 6.45) is 3.57. The van der Waals surface area contributed by atoms with Gasteiger partial charge in [0.15, 0.2) is 6.20 Å². The van der Waals surface area contributed by atoms with Gasteiger partial charge in [-0.2, -0.15) is 5.10 Å². The molecule has 0 unspecified atom stereocenters. The van der Waals surface area contributed by atoms with Crippen molar-refractivity contribution in [2.24, 2.45) is 7.05 Å². The number of aromatic amines is 1. The van der Waals surface area contributed by atoms with E-state index in [4.69, 9.17) is 0 Å². The standard InChI is InChI=1S/C25H20N4O2/c1-16-20-14-21(25(31)26-24(20)29(27-16)18-9-4-3-5-10-18)23(30)15-22-19-11-7-6-8-17(19)12-13-28(22)2/h3-15H,1-2H3,(H,26,27,30,31)/p+1. The van der Waals surface area contributed by atoms with Crippen LogP contribution in [0.3, 0.4) is 0 Å². The number of aromatic nitrogens is 4. The molecule has 3 aromatic heterocycles. The third-order valence-electron chi connectivity index (χ3n) is 5.52. The summed E-state index contributed by atoms with van der Waals surface area (Å²) in [6, 6.07) is 21.3. The molecule has 2 N–H and O–H groups in total. The van der Waals surface area contributed by atoms with Gasteiger partial charge in [0.1, 0.15) is 18.5 Å². The first-order chi connectivity index (χ1) is 15.0. The Morgan fingerprint density at radius 1 is 1.06 bits per heavy atom. The lowest BCUT2D eigenvalue weighted by molar-refractivity contribution is -0.671. The Morgan fingerprint density at radius 2 is 1.81 bits per heavy atom. The number of aliphatic hydroxyl groups excluding tert-OH is 1. The Morgan fingerprint density at radius 3 is 2.61 bits per heavy atom. The van der Waals surface area contributed by atoms with Gasteiger partial charge in [0.2, 0.25) is 5.69 Å². The topological polar surface area (TPSA) is 74.8 Å². The first-order valence-electron chi connectivity index (χ1n) is 9.99. The predicted molar refractivity (Wildman–Crippen MR) is 122 cm³/mol. The van der Waals surface area contributed by atoms with E-state index in [2.05, 4.69) is 10.1 Å². The summed E-state index contributed by atoms with van der Waals surface area (Å²) in [7, 11) is 1.91. The Bertz CT molecular complexity index is 1530. The summed E-state index contributed by atoms with van der Waals surface area (Å²) in [4.78, 5) is 15.8. The minimum Gasteiger partial charge on any atom is -0.507 e. The molecule has 3 heterocycles. The number of H-pyrrole nitrogens is 1. The van der Waals surface area contributed by atoms with Crippen LogP contribution in [-0.2, 0) is 7.05 Å². The van der Waals surface area contributed by atoms with E-state index in [1.165, 1.54) is 0 Å². The molecule has 5 aromatic rings.